The van der Waals surface area contributed by atoms with Crippen LogP contribution < -0.4 is 5.32 Å². The number of rotatable bonds is 6. The first-order valence-corrected chi connectivity index (χ1v) is 10.9. The molecule has 162 valence electrons. The highest BCUT2D eigenvalue weighted by molar-refractivity contribution is 6.42. The lowest BCUT2D eigenvalue weighted by Gasteiger charge is -2.32. The van der Waals surface area contributed by atoms with E-state index in [-0.39, 0.29) is 24.8 Å². The number of carbonyl (C=O) groups excluding carboxylic acids is 2. The Balaban J connectivity index is 2.32. The summed E-state index contributed by atoms with van der Waals surface area (Å²) in [6.45, 7) is 7.51. The topological polar surface area (TPSA) is 49.4 Å². The summed E-state index contributed by atoms with van der Waals surface area (Å²) in [5.41, 5.74) is 0.964. The van der Waals surface area contributed by atoms with Crippen molar-refractivity contribution in [2.24, 2.45) is 0 Å². The van der Waals surface area contributed by atoms with E-state index in [1.165, 1.54) is 4.90 Å². The van der Waals surface area contributed by atoms with Gasteiger partial charge in [-0.15, -0.1) is 0 Å². The van der Waals surface area contributed by atoms with Crippen molar-refractivity contribution in [3.8, 4) is 0 Å². The van der Waals surface area contributed by atoms with E-state index < -0.39 is 11.6 Å². The van der Waals surface area contributed by atoms with Crippen LogP contribution in [0.2, 0.25) is 20.1 Å². The lowest BCUT2D eigenvalue weighted by Crippen LogP contribution is -2.52. The zero-order chi connectivity index (χ0) is 22.6. The van der Waals surface area contributed by atoms with Gasteiger partial charge in [-0.05, 0) is 63.1 Å². The third-order valence-electron chi connectivity index (χ3n) is 4.36. The lowest BCUT2D eigenvalue weighted by molar-refractivity contribution is -0.140. The molecule has 0 fully saturated rings. The molecule has 0 saturated heterocycles. The van der Waals surface area contributed by atoms with Crippen LogP contribution in [0.1, 0.15) is 38.8 Å². The number of hydrogen-bond donors (Lipinski definition) is 1. The van der Waals surface area contributed by atoms with Crippen LogP contribution in [0.15, 0.2) is 36.4 Å². The number of hydrogen-bond acceptors (Lipinski definition) is 2. The number of carbonyl (C=O) groups is 2. The Morgan fingerprint density at radius 3 is 2.20 bits per heavy atom. The minimum Gasteiger partial charge on any atom is -0.350 e. The van der Waals surface area contributed by atoms with Gasteiger partial charge < -0.3 is 10.2 Å². The van der Waals surface area contributed by atoms with Gasteiger partial charge in [0.15, 0.2) is 0 Å². The Morgan fingerprint density at radius 1 is 0.967 bits per heavy atom. The minimum absolute atomic E-state index is 0.0647. The molecule has 0 heterocycles. The molecule has 0 unspecified atom stereocenters. The average Bonchev–Trinajstić information content (AvgIpc) is 2.62. The van der Waals surface area contributed by atoms with E-state index in [9.17, 15) is 9.59 Å². The Hall–Kier alpha value is -1.46. The molecule has 30 heavy (non-hydrogen) atoms. The van der Waals surface area contributed by atoms with Crippen molar-refractivity contribution in [1.82, 2.24) is 10.2 Å². The molecular weight excluding hydrogens is 466 g/mol. The van der Waals surface area contributed by atoms with Gasteiger partial charge in [-0.3, -0.25) is 9.59 Å². The van der Waals surface area contributed by atoms with Crippen LogP contribution in [-0.4, -0.2) is 28.3 Å². The minimum atomic E-state index is -0.716. The highest BCUT2D eigenvalue weighted by atomic mass is 35.5. The quantitative estimate of drug-likeness (QED) is 0.527. The largest absolute Gasteiger partial charge is 0.350 e. The maximum Gasteiger partial charge on any atom is 0.242 e. The lowest BCUT2D eigenvalue weighted by atomic mass is 10.1. The first-order valence-electron chi connectivity index (χ1n) is 9.36. The van der Waals surface area contributed by atoms with Gasteiger partial charge in [0.2, 0.25) is 11.8 Å². The zero-order valence-corrected chi connectivity index (χ0v) is 20.3. The molecule has 0 radical (unpaired) electrons. The Morgan fingerprint density at radius 2 is 1.63 bits per heavy atom. The number of nitrogens with zero attached hydrogens (tertiary/aromatic N) is 1. The smallest absolute Gasteiger partial charge is 0.242 e. The number of halogens is 4. The Labute approximate surface area is 197 Å². The summed E-state index contributed by atoms with van der Waals surface area (Å²) in [6, 6.07) is 9.37. The summed E-state index contributed by atoms with van der Waals surface area (Å²) >= 11 is 24.3. The number of amides is 2. The second-order valence-corrected chi connectivity index (χ2v) is 9.76. The predicted molar refractivity (Wildman–Crippen MR) is 125 cm³/mol. The van der Waals surface area contributed by atoms with E-state index >= 15 is 0 Å². The normalized spacial score (nSPS) is 12.4. The van der Waals surface area contributed by atoms with Gasteiger partial charge >= 0.3 is 0 Å². The number of benzene rings is 2. The molecule has 2 aromatic carbocycles. The fraction of sp³-hybridized carbons (Fsp3) is 0.364. The summed E-state index contributed by atoms with van der Waals surface area (Å²) in [4.78, 5) is 27.5. The van der Waals surface area contributed by atoms with E-state index in [0.717, 1.165) is 0 Å². The summed E-state index contributed by atoms with van der Waals surface area (Å²) < 4.78 is 0. The van der Waals surface area contributed by atoms with Crippen molar-refractivity contribution in [2.45, 2.75) is 52.2 Å². The van der Waals surface area contributed by atoms with Gasteiger partial charge in [0.1, 0.15) is 6.04 Å². The summed E-state index contributed by atoms with van der Waals surface area (Å²) in [6.07, 6.45) is 0.0647. The van der Waals surface area contributed by atoms with Gasteiger partial charge in [-0.2, -0.15) is 0 Å². The maximum atomic E-state index is 13.2. The van der Waals surface area contributed by atoms with Crippen molar-refractivity contribution < 1.29 is 9.59 Å². The molecule has 0 aromatic heterocycles. The van der Waals surface area contributed by atoms with Gasteiger partial charge in [0, 0.05) is 22.1 Å². The number of nitrogens with one attached hydrogen (secondary N) is 1. The summed E-state index contributed by atoms with van der Waals surface area (Å²) in [5.74, 6) is -0.494. The van der Waals surface area contributed by atoms with Gasteiger partial charge in [0.05, 0.1) is 16.5 Å². The molecule has 0 spiro atoms. The third-order valence-corrected chi connectivity index (χ3v) is 5.69. The van der Waals surface area contributed by atoms with Crippen LogP contribution in [0.3, 0.4) is 0 Å². The average molecular weight is 490 g/mol. The molecule has 1 N–H and O–H groups in total. The van der Waals surface area contributed by atoms with Gasteiger partial charge in [-0.1, -0.05) is 58.5 Å². The van der Waals surface area contributed by atoms with Crippen molar-refractivity contribution in [3.05, 3.63) is 67.6 Å². The first-order chi connectivity index (χ1) is 13.9. The maximum absolute atomic E-state index is 13.2. The molecule has 2 amide bonds. The fourth-order valence-electron chi connectivity index (χ4n) is 2.82. The van der Waals surface area contributed by atoms with Crippen LogP contribution in [0.25, 0.3) is 0 Å². The molecular formula is C22H24Cl4N2O2. The van der Waals surface area contributed by atoms with Crippen LogP contribution >= 0.6 is 46.4 Å². The summed E-state index contributed by atoms with van der Waals surface area (Å²) in [7, 11) is 0. The van der Waals surface area contributed by atoms with Crippen molar-refractivity contribution in [2.75, 3.05) is 0 Å². The second kappa shape index (κ2) is 10.2. The molecule has 0 bridgehead atoms. The summed E-state index contributed by atoms with van der Waals surface area (Å²) in [5, 5.41) is 4.62. The fourth-order valence-corrected chi connectivity index (χ4v) is 3.60. The van der Waals surface area contributed by atoms with Gasteiger partial charge in [0.25, 0.3) is 0 Å². The molecule has 1 atom stereocenters. The highest BCUT2D eigenvalue weighted by Gasteiger charge is 2.29. The third kappa shape index (κ3) is 7.05. The monoisotopic (exact) mass is 488 g/mol. The van der Waals surface area contributed by atoms with Crippen LogP contribution in [0.4, 0.5) is 0 Å². The molecule has 0 aliphatic carbocycles. The molecule has 0 aliphatic heterocycles. The molecule has 0 aliphatic rings. The van der Waals surface area contributed by atoms with E-state index in [1.54, 1.807) is 43.3 Å². The first kappa shape index (κ1) is 24.8. The standard InChI is InChI=1S/C22H24Cl4N2O2/c1-13(21(30)27-22(2,3)4)28(12-15-6-7-16(23)11-18(15)25)20(29)10-14-5-8-17(24)19(26)9-14/h5-9,11,13H,10,12H2,1-4H3,(H,27,30)/t13-/m1/s1. The van der Waals surface area contributed by atoms with Crippen LogP contribution in [0.5, 0.6) is 0 Å². The van der Waals surface area contributed by atoms with Crippen molar-refractivity contribution in [1.29, 1.82) is 0 Å². The molecule has 4 nitrogen and oxygen atoms in total. The molecule has 2 rings (SSSR count). The molecule has 8 heteroatoms. The van der Waals surface area contributed by atoms with E-state index in [0.29, 0.717) is 31.2 Å². The Kier molecular flexibility index (Phi) is 8.46. The zero-order valence-electron chi connectivity index (χ0n) is 17.2. The van der Waals surface area contributed by atoms with E-state index in [4.69, 9.17) is 46.4 Å². The van der Waals surface area contributed by atoms with Gasteiger partial charge in [-0.25, -0.2) is 0 Å². The van der Waals surface area contributed by atoms with E-state index in [2.05, 4.69) is 5.32 Å². The molecule has 0 saturated carbocycles. The SMILES string of the molecule is C[C@H](C(=O)NC(C)(C)C)N(Cc1ccc(Cl)cc1Cl)C(=O)Cc1ccc(Cl)c(Cl)c1. The molecule has 2 aromatic rings. The predicted octanol–water partition coefficient (Wildman–Crippen LogP) is 6.17. The van der Waals surface area contributed by atoms with E-state index in [1.807, 2.05) is 20.8 Å². The van der Waals surface area contributed by atoms with Crippen molar-refractivity contribution in [3.63, 3.8) is 0 Å². The Bertz CT molecular complexity index is 941. The highest BCUT2D eigenvalue weighted by Crippen LogP contribution is 2.25. The van der Waals surface area contributed by atoms with Crippen LogP contribution in [-0.2, 0) is 22.6 Å². The van der Waals surface area contributed by atoms with Crippen molar-refractivity contribution >= 4 is 58.2 Å². The second-order valence-electron chi connectivity index (χ2n) is 8.10. The van der Waals surface area contributed by atoms with Crippen LogP contribution in [0, 0.1) is 0 Å².